The highest BCUT2D eigenvalue weighted by Gasteiger charge is 2.40. The fourth-order valence-electron chi connectivity index (χ4n) is 2.51. The minimum absolute atomic E-state index is 0.0199. The molecule has 2 unspecified atom stereocenters. The Morgan fingerprint density at radius 3 is 2.87 bits per heavy atom. The molecule has 1 fully saturated rings. The SMILES string of the molecule is Cc1ccc(CN2CC2C(=O)NCc2ccccc2[N+](=O)[O-])o1. The second kappa shape index (κ2) is 6.21. The molecule has 1 aromatic carbocycles. The van der Waals surface area contributed by atoms with Gasteiger partial charge in [-0.25, -0.2) is 0 Å². The number of carbonyl (C=O) groups excluding carboxylic acids is 1. The fourth-order valence-corrected chi connectivity index (χ4v) is 2.51. The number of nitro benzene ring substituents is 1. The van der Waals surface area contributed by atoms with Crippen LogP contribution in [-0.4, -0.2) is 28.3 Å². The predicted octanol–water partition coefficient (Wildman–Crippen LogP) is 2.00. The van der Waals surface area contributed by atoms with E-state index < -0.39 is 4.92 Å². The first-order valence-corrected chi connectivity index (χ1v) is 7.34. The van der Waals surface area contributed by atoms with E-state index in [-0.39, 0.29) is 24.2 Å². The summed E-state index contributed by atoms with van der Waals surface area (Å²) >= 11 is 0. The molecule has 2 heterocycles. The van der Waals surface area contributed by atoms with Crippen molar-refractivity contribution in [3.8, 4) is 0 Å². The molecule has 120 valence electrons. The quantitative estimate of drug-likeness (QED) is 0.500. The summed E-state index contributed by atoms with van der Waals surface area (Å²) < 4.78 is 5.49. The van der Waals surface area contributed by atoms with Crippen LogP contribution in [0.3, 0.4) is 0 Å². The van der Waals surface area contributed by atoms with Crippen LogP contribution < -0.4 is 5.32 Å². The van der Waals surface area contributed by atoms with Crippen molar-refractivity contribution in [3.63, 3.8) is 0 Å². The predicted molar refractivity (Wildman–Crippen MR) is 82.6 cm³/mol. The molecule has 7 nitrogen and oxygen atoms in total. The van der Waals surface area contributed by atoms with E-state index in [2.05, 4.69) is 5.32 Å². The van der Waals surface area contributed by atoms with E-state index in [0.29, 0.717) is 18.7 Å². The van der Waals surface area contributed by atoms with Crippen LogP contribution in [-0.2, 0) is 17.9 Å². The highest BCUT2D eigenvalue weighted by atomic mass is 16.6. The van der Waals surface area contributed by atoms with Gasteiger partial charge in [-0.2, -0.15) is 0 Å². The Morgan fingerprint density at radius 2 is 2.17 bits per heavy atom. The van der Waals surface area contributed by atoms with Gasteiger partial charge >= 0.3 is 0 Å². The molecule has 1 aliphatic heterocycles. The van der Waals surface area contributed by atoms with Gasteiger partial charge in [-0.1, -0.05) is 18.2 Å². The number of furan rings is 1. The van der Waals surface area contributed by atoms with Crippen molar-refractivity contribution in [2.24, 2.45) is 0 Å². The van der Waals surface area contributed by atoms with Crippen molar-refractivity contribution in [1.29, 1.82) is 0 Å². The number of benzene rings is 1. The largest absolute Gasteiger partial charge is 0.465 e. The van der Waals surface area contributed by atoms with Gasteiger partial charge in [0, 0.05) is 24.7 Å². The molecule has 0 spiro atoms. The number of hydrogen-bond donors (Lipinski definition) is 1. The van der Waals surface area contributed by atoms with Crippen molar-refractivity contribution < 1.29 is 14.1 Å². The highest BCUT2D eigenvalue weighted by Crippen LogP contribution is 2.23. The van der Waals surface area contributed by atoms with Gasteiger partial charge in [0.05, 0.1) is 11.5 Å². The molecule has 1 N–H and O–H groups in total. The van der Waals surface area contributed by atoms with Crippen LogP contribution in [0, 0.1) is 17.0 Å². The van der Waals surface area contributed by atoms with E-state index in [4.69, 9.17) is 4.42 Å². The third-order valence-electron chi connectivity index (χ3n) is 3.81. The zero-order valence-electron chi connectivity index (χ0n) is 12.7. The summed E-state index contributed by atoms with van der Waals surface area (Å²) in [6.45, 7) is 3.29. The molecule has 3 rings (SSSR count). The maximum absolute atomic E-state index is 12.1. The Kier molecular flexibility index (Phi) is 4.12. The minimum Gasteiger partial charge on any atom is -0.465 e. The number of hydrogen-bond acceptors (Lipinski definition) is 5. The number of nitro groups is 1. The number of nitrogens with zero attached hydrogens (tertiary/aromatic N) is 2. The summed E-state index contributed by atoms with van der Waals surface area (Å²) in [5.41, 5.74) is 0.520. The van der Waals surface area contributed by atoms with Crippen molar-refractivity contribution in [3.05, 3.63) is 63.6 Å². The average Bonchev–Trinajstić information content (AvgIpc) is 3.18. The summed E-state index contributed by atoms with van der Waals surface area (Å²) in [7, 11) is 0. The Balaban J connectivity index is 1.52. The lowest BCUT2D eigenvalue weighted by Gasteiger charge is -2.06. The molecule has 1 saturated heterocycles. The number of amides is 1. The lowest BCUT2D eigenvalue weighted by atomic mass is 10.2. The Labute approximate surface area is 133 Å². The third kappa shape index (κ3) is 3.57. The van der Waals surface area contributed by atoms with Gasteiger partial charge in [0.15, 0.2) is 0 Å². The number of nitrogens with one attached hydrogen (secondary N) is 1. The molecule has 0 bridgehead atoms. The van der Waals surface area contributed by atoms with Crippen LogP contribution in [0.4, 0.5) is 5.69 Å². The highest BCUT2D eigenvalue weighted by molar-refractivity contribution is 5.84. The third-order valence-corrected chi connectivity index (χ3v) is 3.81. The smallest absolute Gasteiger partial charge is 0.274 e. The maximum atomic E-state index is 12.1. The van der Waals surface area contributed by atoms with Gasteiger partial charge in [-0.3, -0.25) is 19.8 Å². The average molecular weight is 315 g/mol. The molecule has 0 radical (unpaired) electrons. The van der Waals surface area contributed by atoms with E-state index in [1.807, 2.05) is 24.0 Å². The molecule has 23 heavy (non-hydrogen) atoms. The van der Waals surface area contributed by atoms with Gasteiger partial charge in [0.1, 0.15) is 17.6 Å². The molecule has 1 amide bonds. The van der Waals surface area contributed by atoms with Crippen molar-refractivity contribution in [2.45, 2.75) is 26.1 Å². The summed E-state index contributed by atoms with van der Waals surface area (Å²) in [4.78, 5) is 24.6. The van der Waals surface area contributed by atoms with Crippen LogP contribution in [0.5, 0.6) is 0 Å². The van der Waals surface area contributed by atoms with Crippen molar-refractivity contribution in [2.75, 3.05) is 6.54 Å². The normalized spacial score (nSPS) is 19.3. The first kappa shape index (κ1) is 15.2. The summed E-state index contributed by atoms with van der Waals surface area (Å²) in [5.74, 6) is 1.56. The molecule has 1 aromatic heterocycles. The lowest BCUT2D eigenvalue weighted by molar-refractivity contribution is -0.385. The molecule has 2 aromatic rings. The van der Waals surface area contributed by atoms with Gasteiger partial charge < -0.3 is 9.73 Å². The van der Waals surface area contributed by atoms with Crippen molar-refractivity contribution >= 4 is 11.6 Å². The number of carbonyl (C=O) groups is 1. The molecule has 0 aliphatic carbocycles. The van der Waals surface area contributed by atoms with Crippen LogP contribution >= 0.6 is 0 Å². The molecule has 7 heteroatoms. The molecule has 2 atom stereocenters. The van der Waals surface area contributed by atoms with Crippen LogP contribution in [0.1, 0.15) is 17.1 Å². The van der Waals surface area contributed by atoms with E-state index in [9.17, 15) is 14.9 Å². The summed E-state index contributed by atoms with van der Waals surface area (Å²) in [5, 5.41) is 13.7. The Morgan fingerprint density at radius 1 is 1.39 bits per heavy atom. The second-order valence-corrected chi connectivity index (χ2v) is 5.56. The monoisotopic (exact) mass is 315 g/mol. The number of para-hydroxylation sites is 1. The van der Waals surface area contributed by atoms with Gasteiger partial charge in [0.2, 0.25) is 5.91 Å². The fraction of sp³-hybridized carbons (Fsp3) is 0.312. The molecule has 0 saturated carbocycles. The zero-order valence-corrected chi connectivity index (χ0v) is 12.7. The molecular weight excluding hydrogens is 298 g/mol. The molecular formula is C16H17N3O4. The van der Waals surface area contributed by atoms with Crippen molar-refractivity contribution in [1.82, 2.24) is 10.2 Å². The van der Waals surface area contributed by atoms with Gasteiger partial charge in [-0.15, -0.1) is 0 Å². The number of aryl methyl sites for hydroxylation is 1. The maximum Gasteiger partial charge on any atom is 0.274 e. The standard InChI is InChI=1S/C16H17N3O4/c1-11-6-7-13(23-11)9-18-10-15(18)16(20)17-8-12-4-2-3-5-14(12)19(21)22/h2-7,15H,8-10H2,1H3,(H,17,20). The van der Waals surface area contributed by atoms with Crippen LogP contribution in [0.2, 0.25) is 0 Å². The first-order valence-electron chi connectivity index (χ1n) is 7.34. The van der Waals surface area contributed by atoms with Crippen LogP contribution in [0.25, 0.3) is 0 Å². The van der Waals surface area contributed by atoms with E-state index in [1.54, 1.807) is 18.2 Å². The minimum atomic E-state index is -0.440. The lowest BCUT2D eigenvalue weighted by Crippen LogP contribution is -2.29. The number of rotatable bonds is 6. The first-order chi connectivity index (χ1) is 11.0. The summed E-state index contributed by atoms with van der Waals surface area (Å²) in [6, 6.07) is 10.0. The Hall–Kier alpha value is -2.67. The second-order valence-electron chi connectivity index (χ2n) is 5.56. The van der Waals surface area contributed by atoms with E-state index in [1.165, 1.54) is 6.07 Å². The summed E-state index contributed by atoms with van der Waals surface area (Å²) in [6.07, 6.45) is 0. The van der Waals surface area contributed by atoms with Gasteiger partial charge in [0.25, 0.3) is 5.69 Å². The zero-order chi connectivity index (χ0) is 16.4. The van der Waals surface area contributed by atoms with E-state index >= 15 is 0 Å². The Bertz CT molecular complexity index is 740. The van der Waals surface area contributed by atoms with Gasteiger partial charge in [-0.05, 0) is 19.1 Å². The van der Waals surface area contributed by atoms with E-state index in [0.717, 1.165) is 11.5 Å². The van der Waals surface area contributed by atoms with Crippen LogP contribution in [0.15, 0.2) is 40.8 Å². The topological polar surface area (TPSA) is 88.4 Å². The molecule has 1 aliphatic rings.